The molecule has 2 amide bonds. The van der Waals surface area contributed by atoms with Crippen molar-refractivity contribution in [2.24, 2.45) is 5.92 Å². The van der Waals surface area contributed by atoms with E-state index in [2.05, 4.69) is 0 Å². The summed E-state index contributed by atoms with van der Waals surface area (Å²) < 4.78 is 0. The van der Waals surface area contributed by atoms with Crippen molar-refractivity contribution in [3.63, 3.8) is 0 Å². The highest BCUT2D eigenvalue weighted by Crippen LogP contribution is 2.35. The summed E-state index contributed by atoms with van der Waals surface area (Å²) in [5, 5.41) is 0.848. The molecule has 1 aromatic heterocycles. The Morgan fingerprint density at radius 3 is 1.97 bits per heavy atom. The molecule has 152 valence electrons. The van der Waals surface area contributed by atoms with Gasteiger partial charge in [0.1, 0.15) is 9.88 Å². The summed E-state index contributed by atoms with van der Waals surface area (Å²) in [5.41, 5.74) is 2.70. The molecule has 1 saturated heterocycles. The molecule has 2 aliphatic rings. The van der Waals surface area contributed by atoms with Crippen molar-refractivity contribution in [3.05, 3.63) is 65.5 Å². The van der Waals surface area contributed by atoms with Crippen LogP contribution in [0.3, 0.4) is 0 Å². The summed E-state index contributed by atoms with van der Waals surface area (Å²) in [5.74, 6) is 0.496. The zero-order valence-electron chi connectivity index (χ0n) is 16.7. The monoisotopic (exact) mass is 417 g/mol. The Morgan fingerprint density at radius 1 is 0.800 bits per heavy atom. The molecule has 3 aromatic rings. The molecule has 5 rings (SSSR count). The first kappa shape index (κ1) is 19.0. The minimum absolute atomic E-state index is 0.00653. The third kappa shape index (κ3) is 3.75. The van der Waals surface area contributed by atoms with Crippen LogP contribution in [0, 0.1) is 5.92 Å². The largest absolute Gasteiger partial charge is 0.339 e. The van der Waals surface area contributed by atoms with Crippen LogP contribution in [-0.2, 0) is 4.79 Å². The topological polar surface area (TPSA) is 53.5 Å². The van der Waals surface area contributed by atoms with Crippen LogP contribution in [0.2, 0.25) is 0 Å². The maximum Gasteiger partial charge on any atom is 0.266 e. The summed E-state index contributed by atoms with van der Waals surface area (Å²) in [6.45, 7) is 2.38. The second-order valence-electron chi connectivity index (χ2n) is 7.82. The van der Waals surface area contributed by atoms with Gasteiger partial charge < -0.3 is 9.80 Å². The van der Waals surface area contributed by atoms with Crippen LogP contribution < -0.4 is 0 Å². The maximum absolute atomic E-state index is 13.5. The smallest absolute Gasteiger partial charge is 0.266 e. The number of rotatable bonds is 4. The lowest BCUT2D eigenvalue weighted by molar-refractivity contribution is -0.134. The number of hydrogen-bond acceptors (Lipinski definition) is 4. The van der Waals surface area contributed by atoms with Crippen LogP contribution in [0.5, 0.6) is 0 Å². The highest BCUT2D eigenvalue weighted by Gasteiger charge is 2.35. The van der Waals surface area contributed by atoms with Crippen molar-refractivity contribution >= 4 is 23.2 Å². The van der Waals surface area contributed by atoms with Gasteiger partial charge in [0.05, 0.1) is 5.69 Å². The van der Waals surface area contributed by atoms with Gasteiger partial charge in [-0.25, -0.2) is 4.98 Å². The van der Waals surface area contributed by atoms with E-state index in [1.807, 2.05) is 70.5 Å². The fourth-order valence-corrected chi connectivity index (χ4v) is 4.88. The first-order valence-corrected chi connectivity index (χ1v) is 11.2. The number of amides is 2. The van der Waals surface area contributed by atoms with E-state index in [-0.39, 0.29) is 17.7 Å². The fraction of sp³-hybridized carbons (Fsp3) is 0.292. The molecule has 2 fully saturated rings. The van der Waals surface area contributed by atoms with Gasteiger partial charge in [-0.3, -0.25) is 9.59 Å². The number of carbonyl (C=O) groups is 2. The molecule has 0 N–H and O–H groups in total. The van der Waals surface area contributed by atoms with Crippen LogP contribution in [0.4, 0.5) is 0 Å². The predicted molar refractivity (Wildman–Crippen MR) is 118 cm³/mol. The van der Waals surface area contributed by atoms with Crippen LogP contribution in [0.15, 0.2) is 60.7 Å². The summed E-state index contributed by atoms with van der Waals surface area (Å²) >= 11 is 1.45. The van der Waals surface area contributed by atoms with Gasteiger partial charge in [-0.1, -0.05) is 60.7 Å². The molecular weight excluding hydrogens is 394 g/mol. The van der Waals surface area contributed by atoms with Gasteiger partial charge in [-0.15, -0.1) is 11.3 Å². The van der Waals surface area contributed by atoms with Crippen molar-refractivity contribution in [3.8, 4) is 21.8 Å². The van der Waals surface area contributed by atoms with Crippen LogP contribution >= 0.6 is 11.3 Å². The average Bonchev–Trinajstić information content (AvgIpc) is 3.57. The summed E-state index contributed by atoms with van der Waals surface area (Å²) in [6, 6.07) is 19.9. The van der Waals surface area contributed by atoms with E-state index in [0.29, 0.717) is 31.1 Å². The molecule has 0 spiro atoms. The molecule has 0 atom stereocenters. The van der Waals surface area contributed by atoms with Gasteiger partial charge in [-0.05, 0) is 12.8 Å². The Balaban J connectivity index is 1.42. The van der Waals surface area contributed by atoms with E-state index in [1.54, 1.807) is 0 Å². The quantitative estimate of drug-likeness (QED) is 0.640. The third-order valence-corrected chi connectivity index (χ3v) is 6.79. The third-order valence-electron chi connectivity index (χ3n) is 5.69. The lowest BCUT2D eigenvalue weighted by atomic mass is 10.1. The number of piperazine rings is 1. The summed E-state index contributed by atoms with van der Waals surface area (Å²) in [7, 11) is 0. The van der Waals surface area contributed by atoms with E-state index in [0.717, 1.165) is 34.7 Å². The number of thiazole rings is 1. The van der Waals surface area contributed by atoms with Crippen molar-refractivity contribution < 1.29 is 9.59 Å². The molecule has 1 saturated carbocycles. The zero-order chi connectivity index (χ0) is 20.5. The highest BCUT2D eigenvalue weighted by molar-refractivity contribution is 7.17. The molecule has 6 heteroatoms. The first-order valence-electron chi connectivity index (χ1n) is 10.4. The molecule has 0 bridgehead atoms. The Labute approximate surface area is 180 Å². The standard InChI is InChI=1S/C24H23N3O2S/c28-23(19-11-12-19)26-13-15-27(16-14-26)24(29)21-20(17-7-3-1-4-8-17)25-22(30-21)18-9-5-2-6-10-18/h1-10,19H,11-16H2. The van der Waals surface area contributed by atoms with Gasteiger partial charge in [0.25, 0.3) is 5.91 Å². The molecule has 1 aliphatic heterocycles. The van der Waals surface area contributed by atoms with Gasteiger partial charge in [0.15, 0.2) is 0 Å². The van der Waals surface area contributed by atoms with Crippen LogP contribution in [-0.4, -0.2) is 52.8 Å². The number of nitrogens with zero attached hydrogens (tertiary/aromatic N) is 3. The van der Waals surface area contributed by atoms with E-state index in [1.165, 1.54) is 11.3 Å². The summed E-state index contributed by atoms with van der Waals surface area (Å²) in [4.78, 5) is 35.1. The molecule has 2 aromatic carbocycles. The van der Waals surface area contributed by atoms with E-state index < -0.39 is 0 Å². The summed E-state index contributed by atoms with van der Waals surface area (Å²) in [6.07, 6.45) is 2.03. The molecule has 1 aliphatic carbocycles. The molecular formula is C24H23N3O2S. The highest BCUT2D eigenvalue weighted by atomic mass is 32.1. The van der Waals surface area contributed by atoms with E-state index >= 15 is 0 Å². The predicted octanol–water partition coefficient (Wildman–Crippen LogP) is 4.17. The van der Waals surface area contributed by atoms with Gasteiger partial charge in [0, 0.05) is 43.2 Å². The molecule has 0 unspecified atom stereocenters. The number of hydrogen-bond donors (Lipinski definition) is 0. The number of carbonyl (C=O) groups excluding carboxylic acids is 2. The zero-order valence-corrected chi connectivity index (χ0v) is 17.5. The van der Waals surface area contributed by atoms with Gasteiger partial charge >= 0.3 is 0 Å². The molecule has 30 heavy (non-hydrogen) atoms. The maximum atomic E-state index is 13.5. The second-order valence-corrected chi connectivity index (χ2v) is 8.82. The molecule has 5 nitrogen and oxygen atoms in total. The normalized spacial score (nSPS) is 16.5. The van der Waals surface area contributed by atoms with Crippen molar-refractivity contribution in [2.75, 3.05) is 26.2 Å². The van der Waals surface area contributed by atoms with Crippen molar-refractivity contribution in [1.29, 1.82) is 0 Å². The lowest BCUT2D eigenvalue weighted by Crippen LogP contribution is -2.51. The SMILES string of the molecule is O=C(c1sc(-c2ccccc2)nc1-c1ccccc1)N1CCN(C(=O)C2CC2)CC1. The Bertz CT molecular complexity index is 1050. The Hall–Kier alpha value is -2.99. The molecule has 2 heterocycles. The van der Waals surface area contributed by atoms with Crippen LogP contribution in [0.25, 0.3) is 21.8 Å². The minimum atomic E-state index is 0.00653. The van der Waals surface area contributed by atoms with Crippen molar-refractivity contribution in [1.82, 2.24) is 14.8 Å². The van der Waals surface area contributed by atoms with Crippen molar-refractivity contribution in [2.45, 2.75) is 12.8 Å². The minimum Gasteiger partial charge on any atom is -0.339 e. The van der Waals surface area contributed by atoms with Gasteiger partial charge in [0.2, 0.25) is 5.91 Å². The lowest BCUT2D eigenvalue weighted by Gasteiger charge is -2.34. The second kappa shape index (κ2) is 8.03. The first-order chi connectivity index (χ1) is 14.7. The number of benzene rings is 2. The Morgan fingerprint density at radius 2 is 1.37 bits per heavy atom. The van der Waals surface area contributed by atoms with E-state index in [4.69, 9.17) is 4.98 Å². The number of aromatic nitrogens is 1. The fourth-order valence-electron chi connectivity index (χ4n) is 3.82. The van der Waals surface area contributed by atoms with Crippen LogP contribution in [0.1, 0.15) is 22.5 Å². The van der Waals surface area contributed by atoms with Gasteiger partial charge in [-0.2, -0.15) is 0 Å². The van der Waals surface area contributed by atoms with E-state index in [9.17, 15) is 9.59 Å². The molecule has 0 radical (unpaired) electrons. The Kier molecular flexibility index (Phi) is 5.09. The average molecular weight is 418 g/mol.